The number of thioether (sulfide) groups is 1. The van der Waals surface area contributed by atoms with E-state index in [1.807, 2.05) is 54.6 Å². The Balaban J connectivity index is 1.69. The smallest absolute Gasteiger partial charge is 0.270 e. The van der Waals surface area contributed by atoms with Gasteiger partial charge in [0.15, 0.2) is 0 Å². The van der Waals surface area contributed by atoms with Crippen LogP contribution in [0.25, 0.3) is 0 Å². The van der Waals surface area contributed by atoms with Crippen molar-refractivity contribution in [1.29, 1.82) is 0 Å². The Hall–Kier alpha value is -3.16. The number of nitro benzene ring substituents is 1. The Morgan fingerprint density at radius 3 is 2.50 bits per heavy atom. The summed E-state index contributed by atoms with van der Waals surface area (Å²) in [6.45, 7) is 0. The topological polar surface area (TPSA) is 84.6 Å². The van der Waals surface area contributed by atoms with Crippen LogP contribution >= 0.6 is 23.4 Å². The highest BCUT2D eigenvalue weighted by molar-refractivity contribution is 7.98. The van der Waals surface area contributed by atoms with Crippen LogP contribution in [0.4, 0.5) is 5.69 Å². The average Bonchev–Trinajstić information content (AvgIpc) is 2.74. The quantitative estimate of drug-likeness (QED) is 0.225. The second kappa shape index (κ2) is 10.6. The fraction of sp³-hybridized carbons (Fsp3) is 0.0909. The van der Waals surface area contributed by atoms with Crippen molar-refractivity contribution in [3.63, 3.8) is 0 Å². The summed E-state index contributed by atoms with van der Waals surface area (Å²) < 4.78 is 0. The molecule has 0 spiro atoms. The molecule has 0 saturated carbocycles. The van der Waals surface area contributed by atoms with Crippen LogP contribution in [-0.2, 0) is 17.0 Å². The zero-order valence-corrected chi connectivity index (χ0v) is 17.4. The molecular weight excluding hydrogens is 422 g/mol. The van der Waals surface area contributed by atoms with Crippen molar-refractivity contribution in [1.82, 2.24) is 5.43 Å². The van der Waals surface area contributed by atoms with E-state index in [1.54, 1.807) is 6.07 Å². The normalized spacial score (nSPS) is 10.8. The molecule has 0 fully saturated rings. The van der Waals surface area contributed by atoms with Gasteiger partial charge in [-0.3, -0.25) is 14.9 Å². The molecule has 0 unspecified atom stereocenters. The molecule has 3 rings (SSSR count). The molecule has 0 aliphatic rings. The predicted molar refractivity (Wildman–Crippen MR) is 120 cm³/mol. The molecule has 0 atom stereocenters. The van der Waals surface area contributed by atoms with Crippen LogP contribution in [0.3, 0.4) is 0 Å². The van der Waals surface area contributed by atoms with Crippen molar-refractivity contribution < 1.29 is 9.72 Å². The molecule has 0 saturated heterocycles. The molecule has 1 N–H and O–H groups in total. The summed E-state index contributed by atoms with van der Waals surface area (Å²) >= 11 is 7.43. The Morgan fingerprint density at radius 2 is 1.80 bits per heavy atom. The number of hydrogen-bond donors (Lipinski definition) is 1. The number of rotatable bonds is 8. The van der Waals surface area contributed by atoms with Gasteiger partial charge in [-0.15, -0.1) is 11.8 Å². The number of benzene rings is 3. The number of hydrogen-bond acceptors (Lipinski definition) is 5. The van der Waals surface area contributed by atoms with Crippen molar-refractivity contribution in [3.05, 3.63) is 105 Å². The minimum Gasteiger partial charge on any atom is -0.273 e. The summed E-state index contributed by atoms with van der Waals surface area (Å²) in [5.41, 5.74) is 4.94. The second-order valence-electron chi connectivity index (χ2n) is 6.35. The van der Waals surface area contributed by atoms with Gasteiger partial charge in [-0.2, -0.15) is 5.10 Å². The van der Waals surface area contributed by atoms with E-state index in [-0.39, 0.29) is 18.0 Å². The standard InChI is InChI=1S/C22H18ClN3O3S/c23-19-8-6-17(7-9-19)15-30-21-11-10-20(26(28)29)13-18(21)14-24-25-22(27)12-16-4-2-1-3-5-16/h1-11,13-14H,12,15H2,(H,25,27). The molecule has 3 aromatic carbocycles. The highest BCUT2D eigenvalue weighted by Gasteiger charge is 2.11. The number of non-ortho nitro benzene ring substituents is 1. The first kappa shape index (κ1) is 21.5. The summed E-state index contributed by atoms with van der Waals surface area (Å²) in [5.74, 6) is 0.397. The average molecular weight is 440 g/mol. The molecule has 8 heteroatoms. The van der Waals surface area contributed by atoms with E-state index in [1.165, 1.54) is 30.1 Å². The Morgan fingerprint density at radius 1 is 1.07 bits per heavy atom. The molecular formula is C22H18ClN3O3S. The van der Waals surface area contributed by atoms with Crippen LogP contribution in [-0.4, -0.2) is 17.0 Å². The highest BCUT2D eigenvalue weighted by atomic mass is 35.5. The minimum atomic E-state index is -0.459. The number of nitrogens with one attached hydrogen (secondary N) is 1. The lowest BCUT2D eigenvalue weighted by molar-refractivity contribution is -0.384. The Labute approximate surface area is 183 Å². The summed E-state index contributed by atoms with van der Waals surface area (Å²) in [4.78, 5) is 23.5. The monoisotopic (exact) mass is 439 g/mol. The van der Waals surface area contributed by atoms with Crippen molar-refractivity contribution in [2.45, 2.75) is 17.1 Å². The van der Waals surface area contributed by atoms with Crippen LogP contribution in [0.5, 0.6) is 0 Å². The zero-order valence-electron chi connectivity index (χ0n) is 15.8. The van der Waals surface area contributed by atoms with E-state index in [2.05, 4.69) is 10.5 Å². The molecule has 1 amide bonds. The van der Waals surface area contributed by atoms with Crippen LogP contribution in [0.2, 0.25) is 5.02 Å². The molecule has 3 aromatic rings. The van der Waals surface area contributed by atoms with Gasteiger partial charge in [0.2, 0.25) is 5.91 Å². The molecule has 0 aromatic heterocycles. The number of carbonyl (C=O) groups is 1. The van der Waals surface area contributed by atoms with Crippen LogP contribution < -0.4 is 5.43 Å². The summed E-state index contributed by atoms with van der Waals surface area (Å²) in [6, 6.07) is 21.4. The van der Waals surface area contributed by atoms with Crippen molar-refractivity contribution in [3.8, 4) is 0 Å². The molecule has 30 heavy (non-hydrogen) atoms. The fourth-order valence-corrected chi connectivity index (χ4v) is 3.70. The summed E-state index contributed by atoms with van der Waals surface area (Å²) in [7, 11) is 0. The second-order valence-corrected chi connectivity index (χ2v) is 7.80. The molecule has 0 aliphatic heterocycles. The third-order valence-corrected chi connectivity index (χ3v) is 5.52. The van der Waals surface area contributed by atoms with Gasteiger partial charge in [-0.25, -0.2) is 5.43 Å². The summed E-state index contributed by atoms with van der Waals surface area (Å²) in [6.07, 6.45) is 1.63. The van der Waals surface area contributed by atoms with Crippen molar-refractivity contribution in [2.24, 2.45) is 5.10 Å². The van der Waals surface area contributed by atoms with Gasteiger partial charge in [0.05, 0.1) is 17.6 Å². The first-order valence-electron chi connectivity index (χ1n) is 9.03. The molecule has 0 radical (unpaired) electrons. The predicted octanol–water partition coefficient (Wildman–Crippen LogP) is 5.23. The first-order valence-corrected chi connectivity index (χ1v) is 10.4. The molecule has 152 valence electrons. The maximum atomic E-state index is 12.1. The number of nitro groups is 1. The lowest BCUT2D eigenvalue weighted by Gasteiger charge is -2.06. The number of halogens is 1. The fourth-order valence-electron chi connectivity index (χ4n) is 2.62. The van der Waals surface area contributed by atoms with E-state index in [0.29, 0.717) is 16.3 Å². The first-order chi connectivity index (χ1) is 14.5. The van der Waals surface area contributed by atoms with Gasteiger partial charge in [0, 0.05) is 33.4 Å². The molecule has 0 aliphatic carbocycles. The molecule has 6 nitrogen and oxygen atoms in total. The van der Waals surface area contributed by atoms with Gasteiger partial charge in [-0.05, 0) is 29.3 Å². The lowest BCUT2D eigenvalue weighted by Crippen LogP contribution is -2.19. The van der Waals surface area contributed by atoms with Crippen LogP contribution in [0, 0.1) is 10.1 Å². The zero-order chi connectivity index (χ0) is 21.3. The van der Waals surface area contributed by atoms with E-state index >= 15 is 0 Å². The van der Waals surface area contributed by atoms with Gasteiger partial charge in [0.1, 0.15) is 0 Å². The molecule has 0 bridgehead atoms. The number of carbonyl (C=O) groups excluding carboxylic acids is 1. The Kier molecular flexibility index (Phi) is 7.59. The van der Waals surface area contributed by atoms with E-state index < -0.39 is 4.92 Å². The van der Waals surface area contributed by atoms with Gasteiger partial charge >= 0.3 is 0 Å². The third-order valence-electron chi connectivity index (χ3n) is 4.11. The number of amides is 1. The van der Waals surface area contributed by atoms with Crippen LogP contribution in [0.1, 0.15) is 16.7 Å². The third kappa shape index (κ3) is 6.43. The maximum absolute atomic E-state index is 12.1. The lowest BCUT2D eigenvalue weighted by atomic mass is 10.1. The SMILES string of the molecule is O=C(Cc1ccccc1)NN=Cc1cc([N+](=O)[O-])ccc1SCc1ccc(Cl)cc1. The van der Waals surface area contributed by atoms with E-state index in [4.69, 9.17) is 11.6 Å². The van der Waals surface area contributed by atoms with Gasteiger partial charge < -0.3 is 0 Å². The number of hydrazone groups is 1. The number of nitrogens with zero attached hydrogens (tertiary/aromatic N) is 2. The van der Waals surface area contributed by atoms with Crippen LogP contribution in [0.15, 0.2) is 82.8 Å². The van der Waals surface area contributed by atoms with E-state index in [9.17, 15) is 14.9 Å². The van der Waals surface area contributed by atoms with Crippen molar-refractivity contribution >= 4 is 41.2 Å². The van der Waals surface area contributed by atoms with E-state index in [0.717, 1.165) is 16.0 Å². The minimum absolute atomic E-state index is 0.0390. The molecule has 0 heterocycles. The van der Waals surface area contributed by atoms with Gasteiger partial charge in [0.25, 0.3) is 5.69 Å². The van der Waals surface area contributed by atoms with Gasteiger partial charge in [-0.1, -0.05) is 54.1 Å². The van der Waals surface area contributed by atoms with Crippen molar-refractivity contribution in [2.75, 3.05) is 0 Å². The largest absolute Gasteiger partial charge is 0.273 e. The summed E-state index contributed by atoms with van der Waals surface area (Å²) in [5, 5.41) is 15.8. The maximum Gasteiger partial charge on any atom is 0.270 e. The Bertz CT molecular complexity index is 1060. The highest BCUT2D eigenvalue weighted by Crippen LogP contribution is 2.28.